The molecule has 1 N–H and O–H groups in total. The number of piperazine rings is 1. The fourth-order valence-electron chi connectivity index (χ4n) is 3.99. The molecule has 0 bridgehead atoms. The third kappa shape index (κ3) is 6.54. The molecule has 160 valence electrons. The van der Waals surface area contributed by atoms with E-state index in [4.69, 9.17) is 0 Å². The zero-order valence-corrected chi connectivity index (χ0v) is 18.3. The van der Waals surface area contributed by atoms with Gasteiger partial charge in [0, 0.05) is 32.7 Å². The number of benzene rings is 2. The van der Waals surface area contributed by atoms with E-state index in [1.165, 1.54) is 11.1 Å². The number of amides is 1. The second kappa shape index (κ2) is 11.7. The van der Waals surface area contributed by atoms with Crippen LogP contribution in [0.15, 0.2) is 66.7 Å². The van der Waals surface area contributed by atoms with Crippen molar-refractivity contribution >= 4 is 12.0 Å². The average molecular weight is 406 g/mol. The number of nitrogens with one attached hydrogen (secondary N) is 1. The van der Waals surface area contributed by atoms with E-state index in [1.807, 2.05) is 31.2 Å². The number of carbonyl (C=O) groups is 1. The molecular formula is C26H35N3O. The van der Waals surface area contributed by atoms with Crippen LogP contribution in [0.2, 0.25) is 0 Å². The molecule has 0 aromatic heterocycles. The van der Waals surface area contributed by atoms with Gasteiger partial charge in [0.1, 0.15) is 0 Å². The third-order valence-corrected chi connectivity index (χ3v) is 5.90. The highest BCUT2D eigenvalue weighted by Gasteiger charge is 2.26. The largest absolute Gasteiger partial charge is 0.348 e. The van der Waals surface area contributed by atoms with Gasteiger partial charge < -0.3 is 5.32 Å². The lowest BCUT2D eigenvalue weighted by atomic mass is 10.0. The molecule has 0 spiro atoms. The lowest BCUT2D eigenvalue weighted by molar-refractivity contribution is -0.127. The summed E-state index contributed by atoms with van der Waals surface area (Å²) < 4.78 is 0. The fraction of sp³-hybridized carbons (Fsp3) is 0.423. The van der Waals surface area contributed by atoms with Gasteiger partial charge in [-0.05, 0) is 24.5 Å². The summed E-state index contributed by atoms with van der Waals surface area (Å²) >= 11 is 0. The second-order valence-electron chi connectivity index (χ2n) is 8.09. The zero-order chi connectivity index (χ0) is 21.2. The van der Waals surface area contributed by atoms with Crippen molar-refractivity contribution < 1.29 is 4.79 Å². The first-order valence-electron chi connectivity index (χ1n) is 11.2. The molecule has 4 heteroatoms. The molecule has 2 aromatic carbocycles. The first kappa shape index (κ1) is 22.3. The maximum absolute atomic E-state index is 12.9. The Bertz CT molecular complexity index is 782. The highest BCUT2D eigenvalue weighted by Crippen LogP contribution is 2.19. The quantitative estimate of drug-likeness (QED) is 0.673. The highest BCUT2D eigenvalue weighted by molar-refractivity contribution is 5.81. The van der Waals surface area contributed by atoms with E-state index < -0.39 is 0 Å². The normalized spacial score (nSPS) is 17.7. The minimum absolute atomic E-state index is 0.0931. The molecule has 1 heterocycles. The van der Waals surface area contributed by atoms with Crippen LogP contribution in [0.25, 0.3) is 6.08 Å². The molecule has 1 fully saturated rings. The van der Waals surface area contributed by atoms with Crippen LogP contribution in [0.3, 0.4) is 0 Å². The maximum Gasteiger partial charge on any atom is 0.237 e. The van der Waals surface area contributed by atoms with Crippen molar-refractivity contribution in [1.29, 1.82) is 0 Å². The number of nitrogens with zero attached hydrogens (tertiary/aromatic N) is 2. The highest BCUT2D eigenvalue weighted by atomic mass is 16.2. The van der Waals surface area contributed by atoms with Crippen LogP contribution in [0.5, 0.6) is 0 Å². The van der Waals surface area contributed by atoms with Crippen molar-refractivity contribution in [3.8, 4) is 0 Å². The minimum Gasteiger partial charge on any atom is -0.348 e. The summed E-state index contributed by atoms with van der Waals surface area (Å²) in [4.78, 5) is 17.7. The van der Waals surface area contributed by atoms with E-state index >= 15 is 0 Å². The van der Waals surface area contributed by atoms with E-state index in [-0.39, 0.29) is 18.0 Å². The Hall–Kier alpha value is -2.43. The van der Waals surface area contributed by atoms with Crippen LogP contribution in [-0.4, -0.2) is 54.5 Å². The molecule has 2 aromatic rings. The van der Waals surface area contributed by atoms with Gasteiger partial charge >= 0.3 is 0 Å². The summed E-state index contributed by atoms with van der Waals surface area (Å²) in [6, 6.07) is 20.7. The summed E-state index contributed by atoms with van der Waals surface area (Å²) in [5.74, 6) is 0.134. The Labute approximate surface area is 181 Å². The summed E-state index contributed by atoms with van der Waals surface area (Å²) in [7, 11) is 0. The molecule has 30 heavy (non-hydrogen) atoms. The average Bonchev–Trinajstić information content (AvgIpc) is 2.80. The number of hydrogen-bond donors (Lipinski definition) is 1. The lowest BCUT2D eigenvalue weighted by Gasteiger charge is -2.37. The first-order chi connectivity index (χ1) is 14.7. The van der Waals surface area contributed by atoms with Gasteiger partial charge in [-0.15, -0.1) is 0 Å². The molecule has 0 saturated carbocycles. The Morgan fingerprint density at radius 3 is 2.27 bits per heavy atom. The minimum atomic E-state index is -0.102. The molecule has 1 aliphatic heterocycles. The molecular weight excluding hydrogens is 370 g/mol. The van der Waals surface area contributed by atoms with E-state index in [1.54, 1.807) is 0 Å². The smallest absolute Gasteiger partial charge is 0.237 e. The van der Waals surface area contributed by atoms with Gasteiger partial charge in [0.2, 0.25) is 5.91 Å². The lowest BCUT2D eigenvalue weighted by Crippen LogP contribution is -2.54. The second-order valence-corrected chi connectivity index (χ2v) is 8.09. The predicted molar refractivity (Wildman–Crippen MR) is 125 cm³/mol. The van der Waals surface area contributed by atoms with Crippen molar-refractivity contribution in [3.63, 3.8) is 0 Å². The Kier molecular flexibility index (Phi) is 8.66. The Morgan fingerprint density at radius 2 is 1.63 bits per heavy atom. The number of hydrogen-bond acceptors (Lipinski definition) is 3. The standard InChI is InChI=1S/C26H35N3O/c1-3-11-25(24-15-8-5-9-16-24)27-26(30)22(2)29-20-18-28(19-21-29)17-10-14-23-12-6-4-7-13-23/h4-10,12-16,22,25H,3,11,17-21H2,1-2H3,(H,27,30)/b14-10+. The van der Waals surface area contributed by atoms with Gasteiger partial charge in [-0.3, -0.25) is 14.6 Å². The van der Waals surface area contributed by atoms with Gasteiger partial charge in [-0.2, -0.15) is 0 Å². The van der Waals surface area contributed by atoms with E-state index in [0.717, 1.165) is 45.6 Å². The molecule has 2 atom stereocenters. The molecule has 1 amide bonds. The van der Waals surface area contributed by atoms with Crippen LogP contribution >= 0.6 is 0 Å². The summed E-state index contributed by atoms with van der Waals surface area (Å²) in [5, 5.41) is 3.29. The summed E-state index contributed by atoms with van der Waals surface area (Å²) in [6.07, 6.45) is 6.42. The van der Waals surface area contributed by atoms with Gasteiger partial charge in [0.15, 0.2) is 0 Å². The van der Waals surface area contributed by atoms with Crippen molar-refractivity contribution in [1.82, 2.24) is 15.1 Å². The Balaban J connectivity index is 1.46. The molecule has 0 aliphatic carbocycles. The molecule has 1 saturated heterocycles. The van der Waals surface area contributed by atoms with Gasteiger partial charge in [-0.25, -0.2) is 0 Å². The van der Waals surface area contributed by atoms with Crippen LogP contribution in [0.1, 0.15) is 43.9 Å². The van der Waals surface area contributed by atoms with Crippen LogP contribution in [0, 0.1) is 0 Å². The third-order valence-electron chi connectivity index (χ3n) is 5.90. The van der Waals surface area contributed by atoms with Gasteiger partial charge in [-0.1, -0.05) is 86.2 Å². The molecule has 4 nitrogen and oxygen atoms in total. The van der Waals surface area contributed by atoms with Gasteiger partial charge in [0.25, 0.3) is 0 Å². The molecule has 0 radical (unpaired) electrons. The predicted octanol–water partition coefficient (Wildman–Crippen LogP) is 4.36. The van der Waals surface area contributed by atoms with E-state index in [2.05, 4.69) is 70.6 Å². The topological polar surface area (TPSA) is 35.6 Å². The van der Waals surface area contributed by atoms with E-state index in [0.29, 0.717) is 0 Å². The Morgan fingerprint density at radius 1 is 1.00 bits per heavy atom. The van der Waals surface area contributed by atoms with E-state index in [9.17, 15) is 4.79 Å². The van der Waals surface area contributed by atoms with Crippen molar-refractivity contribution in [2.24, 2.45) is 0 Å². The maximum atomic E-state index is 12.9. The SMILES string of the molecule is CCCC(NC(=O)C(C)N1CCN(C/C=C/c2ccccc2)CC1)c1ccccc1. The van der Waals surface area contributed by atoms with Crippen LogP contribution in [-0.2, 0) is 4.79 Å². The zero-order valence-electron chi connectivity index (χ0n) is 18.3. The molecule has 1 aliphatic rings. The van der Waals surface area contributed by atoms with Crippen molar-refractivity contribution in [2.45, 2.75) is 38.8 Å². The van der Waals surface area contributed by atoms with Crippen molar-refractivity contribution in [3.05, 3.63) is 77.9 Å². The first-order valence-corrected chi connectivity index (χ1v) is 11.2. The molecule has 2 unspecified atom stereocenters. The fourth-order valence-corrected chi connectivity index (χ4v) is 3.99. The molecule has 3 rings (SSSR count). The number of rotatable bonds is 9. The van der Waals surface area contributed by atoms with Crippen molar-refractivity contribution in [2.75, 3.05) is 32.7 Å². The van der Waals surface area contributed by atoms with Gasteiger partial charge in [0.05, 0.1) is 12.1 Å². The summed E-state index contributed by atoms with van der Waals surface area (Å²) in [6.45, 7) is 9.00. The number of carbonyl (C=O) groups excluding carboxylic acids is 1. The monoisotopic (exact) mass is 405 g/mol. The van der Waals surface area contributed by atoms with Crippen LogP contribution < -0.4 is 5.32 Å². The van der Waals surface area contributed by atoms with Crippen LogP contribution in [0.4, 0.5) is 0 Å². The summed E-state index contributed by atoms with van der Waals surface area (Å²) in [5.41, 5.74) is 2.43.